The first kappa shape index (κ1) is 17.6. The molecule has 0 atom stereocenters. The minimum atomic E-state index is 0.157. The van der Waals surface area contributed by atoms with E-state index >= 15 is 0 Å². The monoisotopic (exact) mass is 427 g/mol. The molecule has 27 heavy (non-hydrogen) atoms. The van der Waals surface area contributed by atoms with Gasteiger partial charge in [-0.05, 0) is 29.8 Å². The molecule has 9 heteroatoms. The van der Waals surface area contributed by atoms with Crippen LogP contribution in [0.1, 0.15) is 5.56 Å². The first-order valence-electron chi connectivity index (χ1n) is 8.65. The molecule has 1 aromatic carbocycles. The van der Waals surface area contributed by atoms with Crippen LogP contribution in [0.2, 0.25) is 0 Å². The summed E-state index contributed by atoms with van der Waals surface area (Å²) in [4.78, 5) is 20.5. The van der Waals surface area contributed by atoms with Crippen LogP contribution in [0.4, 0.5) is 5.82 Å². The number of hydrogen-bond donors (Lipinski definition) is 0. The van der Waals surface area contributed by atoms with Gasteiger partial charge < -0.3 is 9.80 Å². The Morgan fingerprint density at radius 2 is 1.67 bits per heavy atom. The van der Waals surface area contributed by atoms with Gasteiger partial charge in [0.1, 0.15) is 12.7 Å². The Morgan fingerprint density at radius 1 is 0.963 bits per heavy atom. The van der Waals surface area contributed by atoms with Crippen LogP contribution >= 0.6 is 15.9 Å². The second-order valence-electron chi connectivity index (χ2n) is 6.26. The summed E-state index contributed by atoms with van der Waals surface area (Å²) in [6, 6.07) is 11.7. The zero-order valence-corrected chi connectivity index (χ0v) is 16.2. The number of nitrogens with zero attached hydrogens (tertiary/aromatic N) is 7. The quantitative estimate of drug-likeness (QED) is 0.630. The summed E-state index contributed by atoms with van der Waals surface area (Å²) < 4.78 is 2.58. The Balaban J connectivity index is 1.33. The number of amides is 1. The highest BCUT2D eigenvalue weighted by atomic mass is 79.9. The van der Waals surface area contributed by atoms with Crippen LogP contribution in [-0.4, -0.2) is 61.9 Å². The number of hydrogen-bond acceptors (Lipinski definition) is 6. The maximum atomic E-state index is 12.5. The number of carbonyl (C=O) groups is 1. The Kier molecular flexibility index (Phi) is 5.10. The number of halogens is 1. The molecule has 1 amide bonds. The van der Waals surface area contributed by atoms with Gasteiger partial charge >= 0.3 is 0 Å². The lowest BCUT2D eigenvalue weighted by atomic mass is 10.1. The highest BCUT2D eigenvalue weighted by molar-refractivity contribution is 9.10. The zero-order chi connectivity index (χ0) is 18.6. The van der Waals surface area contributed by atoms with E-state index in [4.69, 9.17) is 0 Å². The van der Waals surface area contributed by atoms with Crippen LogP contribution in [0.3, 0.4) is 0 Å². The lowest BCUT2D eigenvalue weighted by Gasteiger charge is -2.35. The number of aromatic nitrogens is 5. The van der Waals surface area contributed by atoms with Crippen molar-refractivity contribution in [2.24, 2.45) is 0 Å². The minimum Gasteiger partial charge on any atom is -0.352 e. The van der Waals surface area contributed by atoms with Crippen LogP contribution in [0.5, 0.6) is 0 Å². The standard InChI is InChI=1S/C18H18BrN7O/c19-15-3-1-14(2-4-15)11-18(27)25-9-7-24(8-10-25)16-5-6-17(23-22-16)26-13-20-12-21-26/h1-6,12-13H,7-11H2. The lowest BCUT2D eigenvalue weighted by Crippen LogP contribution is -2.49. The van der Waals surface area contributed by atoms with E-state index in [0.717, 1.165) is 28.9 Å². The molecule has 0 radical (unpaired) electrons. The maximum absolute atomic E-state index is 12.5. The van der Waals surface area contributed by atoms with E-state index in [1.54, 1.807) is 11.0 Å². The fourth-order valence-electron chi connectivity index (χ4n) is 3.01. The van der Waals surface area contributed by atoms with E-state index in [-0.39, 0.29) is 5.91 Å². The van der Waals surface area contributed by atoms with E-state index in [2.05, 4.69) is 41.1 Å². The van der Waals surface area contributed by atoms with Gasteiger partial charge in [-0.1, -0.05) is 28.1 Å². The Bertz CT molecular complexity index is 888. The van der Waals surface area contributed by atoms with E-state index in [0.29, 0.717) is 25.3 Å². The van der Waals surface area contributed by atoms with E-state index in [1.807, 2.05) is 41.3 Å². The molecule has 0 bridgehead atoms. The molecular weight excluding hydrogens is 410 g/mol. The van der Waals surface area contributed by atoms with Crippen LogP contribution in [0.25, 0.3) is 5.82 Å². The van der Waals surface area contributed by atoms with Crippen LogP contribution in [0.15, 0.2) is 53.5 Å². The third-order valence-electron chi connectivity index (χ3n) is 4.51. The molecule has 8 nitrogen and oxygen atoms in total. The normalized spacial score (nSPS) is 14.4. The van der Waals surface area contributed by atoms with Gasteiger partial charge in [0.25, 0.3) is 0 Å². The molecule has 0 unspecified atom stereocenters. The van der Waals surface area contributed by atoms with Crippen LogP contribution < -0.4 is 4.90 Å². The summed E-state index contributed by atoms with van der Waals surface area (Å²) in [5.41, 5.74) is 1.03. The van der Waals surface area contributed by atoms with Crippen molar-refractivity contribution in [1.82, 2.24) is 29.9 Å². The number of anilines is 1. The molecule has 1 aliphatic rings. The number of rotatable bonds is 4. The van der Waals surface area contributed by atoms with Crippen molar-refractivity contribution in [2.45, 2.75) is 6.42 Å². The summed E-state index contributed by atoms with van der Waals surface area (Å²) in [6.45, 7) is 2.84. The van der Waals surface area contributed by atoms with Crippen LogP contribution in [-0.2, 0) is 11.2 Å². The second kappa shape index (κ2) is 7.83. The highest BCUT2D eigenvalue weighted by Gasteiger charge is 2.22. The Morgan fingerprint density at radius 3 is 2.30 bits per heavy atom. The predicted octanol–water partition coefficient (Wildman–Crippen LogP) is 1.71. The minimum absolute atomic E-state index is 0.157. The van der Waals surface area contributed by atoms with Crippen molar-refractivity contribution in [2.75, 3.05) is 31.1 Å². The fourth-order valence-corrected chi connectivity index (χ4v) is 3.27. The van der Waals surface area contributed by atoms with Crippen molar-refractivity contribution < 1.29 is 4.79 Å². The molecule has 4 rings (SSSR count). The summed E-state index contributed by atoms with van der Waals surface area (Å²) >= 11 is 3.41. The molecule has 0 spiro atoms. The van der Waals surface area contributed by atoms with Crippen molar-refractivity contribution in [1.29, 1.82) is 0 Å². The Labute approximate surface area is 165 Å². The molecule has 1 aliphatic heterocycles. The molecule has 1 saturated heterocycles. The molecular formula is C18H18BrN7O. The average Bonchev–Trinajstić information content (AvgIpc) is 3.25. The molecule has 0 aliphatic carbocycles. The van der Waals surface area contributed by atoms with Gasteiger partial charge in [0.15, 0.2) is 11.6 Å². The molecule has 0 N–H and O–H groups in total. The molecule has 0 saturated carbocycles. The van der Waals surface area contributed by atoms with Crippen molar-refractivity contribution in [3.63, 3.8) is 0 Å². The SMILES string of the molecule is O=C(Cc1ccc(Br)cc1)N1CCN(c2ccc(-n3cncn3)nn2)CC1. The van der Waals surface area contributed by atoms with Gasteiger partial charge in [-0.15, -0.1) is 10.2 Å². The van der Waals surface area contributed by atoms with Crippen molar-refractivity contribution in [3.8, 4) is 5.82 Å². The number of piperazine rings is 1. The summed E-state index contributed by atoms with van der Waals surface area (Å²) in [7, 11) is 0. The smallest absolute Gasteiger partial charge is 0.227 e. The second-order valence-corrected chi connectivity index (χ2v) is 7.18. The predicted molar refractivity (Wildman–Crippen MR) is 104 cm³/mol. The Hall–Kier alpha value is -2.81. The summed E-state index contributed by atoms with van der Waals surface area (Å²) in [5.74, 6) is 1.59. The van der Waals surface area contributed by atoms with E-state index in [1.165, 1.54) is 6.33 Å². The molecule has 138 valence electrons. The summed E-state index contributed by atoms with van der Waals surface area (Å²) in [5, 5.41) is 12.5. The lowest BCUT2D eigenvalue weighted by molar-refractivity contribution is -0.130. The fraction of sp³-hybridized carbons (Fsp3) is 0.278. The van der Waals surface area contributed by atoms with E-state index < -0.39 is 0 Å². The van der Waals surface area contributed by atoms with Gasteiger partial charge in [0, 0.05) is 30.7 Å². The van der Waals surface area contributed by atoms with Crippen molar-refractivity contribution >= 4 is 27.7 Å². The summed E-state index contributed by atoms with van der Waals surface area (Å²) in [6.07, 6.45) is 3.47. The third kappa shape index (κ3) is 4.13. The van der Waals surface area contributed by atoms with Gasteiger partial charge in [-0.3, -0.25) is 4.79 Å². The molecule has 3 heterocycles. The average molecular weight is 428 g/mol. The number of carbonyl (C=O) groups excluding carboxylic acids is 1. The third-order valence-corrected chi connectivity index (χ3v) is 5.04. The van der Waals surface area contributed by atoms with Crippen LogP contribution in [0, 0.1) is 0 Å². The van der Waals surface area contributed by atoms with Gasteiger partial charge in [-0.2, -0.15) is 5.10 Å². The highest BCUT2D eigenvalue weighted by Crippen LogP contribution is 2.15. The van der Waals surface area contributed by atoms with Gasteiger partial charge in [0.05, 0.1) is 6.42 Å². The van der Waals surface area contributed by atoms with E-state index in [9.17, 15) is 4.79 Å². The topological polar surface area (TPSA) is 80.0 Å². The maximum Gasteiger partial charge on any atom is 0.227 e. The molecule has 3 aromatic rings. The first-order chi connectivity index (χ1) is 13.2. The van der Waals surface area contributed by atoms with Crippen molar-refractivity contribution in [3.05, 3.63) is 59.1 Å². The number of benzene rings is 1. The van der Waals surface area contributed by atoms with Gasteiger partial charge in [0.2, 0.25) is 5.91 Å². The molecule has 2 aromatic heterocycles. The first-order valence-corrected chi connectivity index (χ1v) is 9.44. The van der Waals surface area contributed by atoms with Gasteiger partial charge in [-0.25, -0.2) is 9.67 Å². The largest absolute Gasteiger partial charge is 0.352 e. The zero-order valence-electron chi connectivity index (χ0n) is 14.6. The molecule has 1 fully saturated rings.